The van der Waals surface area contributed by atoms with Gasteiger partial charge >= 0.3 is 0 Å². The number of nitrogens with one attached hydrogen (secondary N) is 1. The number of carbonyl (C=O) groups excluding carboxylic acids is 1. The number of nitrogens with zero attached hydrogens (tertiary/aromatic N) is 2. The molecule has 0 radical (unpaired) electrons. The molecule has 4 aromatic carbocycles. The lowest BCUT2D eigenvalue weighted by atomic mass is 10.1. The zero-order valence-electron chi connectivity index (χ0n) is 19.3. The van der Waals surface area contributed by atoms with E-state index < -0.39 is 10.0 Å². The molecule has 1 N–H and O–H groups in total. The lowest BCUT2D eigenvalue weighted by Gasteiger charge is -2.19. The van der Waals surface area contributed by atoms with Gasteiger partial charge in [-0.05, 0) is 60.3 Å². The molecule has 0 fully saturated rings. The van der Waals surface area contributed by atoms with Gasteiger partial charge in [-0.15, -0.1) is 0 Å². The number of fused-ring (bicyclic) bond motifs is 1. The highest BCUT2D eigenvalue weighted by Gasteiger charge is 2.35. The number of carbonyl (C=O) groups is 1. The van der Waals surface area contributed by atoms with E-state index in [2.05, 4.69) is 10.5 Å². The zero-order valence-corrected chi connectivity index (χ0v) is 20.1. The Hall–Kier alpha value is -4.37. The van der Waals surface area contributed by atoms with Crippen LogP contribution in [0.15, 0.2) is 88.9 Å². The molecule has 0 spiro atoms. The summed E-state index contributed by atoms with van der Waals surface area (Å²) >= 11 is 0. The lowest BCUT2D eigenvalue weighted by Crippen LogP contribution is -2.26. The van der Waals surface area contributed by atoms with Crippen molar-refractivity contribution in [3.63, 3.8) is 0 Å². The summed E-state index contributed by atoms with van der Waals surface area (Å²) in [6, 6.07) is 23.2. The van der Waals surface area contributed by atoms with E-state index in [4.69, 9.17) is 9.47 Å². The Kier molecular flexibility index (Phi) is 5.15. The Bertz CT molecular complexity index is 1660. The Labute approximate surface area is 207 Å². The maximum absolute atomic E-state index is 13.2. The summed E-state index contributed by atoms with van der Waals surface area (Å²) in [6.07, 6.45) is 0. The first-order valence-corrected chi connectivity index (χ1v) is 12.7. The Morgan fingerprint density at radius 1 is 0.944 bits per heavy atom. The van der Waals surface area contributed by atoms with Crippen molar-refractivity contribution in [2.45, 2.75) is 18.4 Å². The highest BCUT2D eigenvalue weighted by molar-refractivity contribution is 7.93. The van der Waals surface area contributed by atoms with Crippen LogP contribution >= 0.6 is 0 Å². The minimum atomic E-state index is -3.65. The van der Waals surface area contributed by atoms with Gasteiger partial charge in [-0.3, -0.25) is 9.10 Å². The fourth-order valence-electron chi connectivity index (χ4n) is 4.44. The van der Waals surface area contributed by atoms with Crippen LogP contribution in [0.25, 0.3) is 10.8 Å². The van der Waals surface area contributed by atoms with Gasteiger partial charge in [0.05, 0.1) is 22.8 Å². The van der Waals surface area contributed by atoms with Crippen LogP contribution in [0.2, 0.25) is 0 Å². The SMILES string of the molecule is C/C(=N\NC(=O)c1ccc(CN2c3cccc4cccc(c34)S2(=O)=O)cc1)c1ccc2c(c1)OCO2. The Morgan fingerprint density at radius 2 is 1.67 bits per heavy atom. The van der Waals surface area contributed by atoms with Gasteiger partial charge in [0, 0.05) is 16.5 Å². The summed E-state index contributed by atoms with van der Waals surface area (Å²) in [5, 5.41) is 5.83. The van der Waals surface area contributed by atoms with E-state index in [1.165, 1.54) is 4.31 Å². The molecule has 180 valence electrons. The molecule has 0 atom stereocenters. The summed E-state index contributed by atoms with van der Waals surface area (Å²) < 4.78 is 38.5. The summed E-state index contributed by atoms with van der Waals surface area (Å²) in [4.78, 5) is 13.0. The number of rotatable bonds is 5. The molecule has 0 saturated carbocycles. The van der Waals surface area contributed by atoms with E-state index in [1.54, 1.807) is 49.4 Å². The monoisotopic (exact) mass is 499 g/mol. The Balaban J connectivity index is 1.17. The predicted octanol–water partition coefficient (Wildman–Crippen LogP) is 4.43. The first kappa shape index (κ1) is 22.1. The van der Waals surface area contributed by atoms with Gasteiger partial charge < -0.3 is 9.47 Å². The summed E-state index contributed by atoms with van der Waals surface area (Å²) in [7, 11) is -3.65. The van der Waals surface area contributed by atoms with Crippen molar-refractivity contribution in [3.05, 3.63) is 95.6 Å². The van der Waals surface area contributed by atoms with E-state index in [0.29, 0.717) is 33.4 Å². The van der Waals surface area contributed by atoms with Crippen LogP contribution in [-0.2, 0) is 16.6 Å². The zero-order chi connectivity index (χ0) is 24.9. The fourth-order valence-corrected chi connectivity index (χ4v) is 6.14. The third-order valence-corrected chi connectivity index (χ3v) is 8.14. The molecule has 2 aliphatic rings. The van der Waals surface area contributed by atoms with E-state index in [-0.39, 0.29) is 19.2 Å². The van der Waals surface area contributed by atoms with Gasteiger partial charge in [-0.2, -0.15) is 5.10 Å². The molecule has 6 rings (SSSR count). The molecule has 9 heteroatoms. The van der Waals surface area contributed by atoms with E-state index in [9.17, 15) is 13.2 Å². The summed E-state index contributed by atoms with van der Waals surface area (Å²) in [6.45, 7) is 2.14. The van der Waals surface area contributed by atoms with Gasteiger partial charge in [0.1, 0.15) is 0 Å². The van der Waals surface area contributed by atoms with E-state index in [0.717, 1.165) is 21.9 Å². The molecule has 0 aliphatic carbocycles. The van der Waals surface area contributed by atoms with Crippen LogP contribution in [-0.4, -0.2) is 26.8 Å². The largest absolute Gasteiger partial charge is 0.454 e. The van der Waals surface area contributed by atoms with Crippen LogP contribution in [0.5, 0.6) is 11.5 Å². The van der Waals surface area contributed by atoms with Crippen LogP contribution in [0.3, 0.4) is 0 Å². The third kappa shape index (κ3) is 3.64. The topological polar surface area (TPSA) is 97.3 Å². The van der Waals surface area contributed by atoms with Gasteiger partial charge in [0.15, 0.2) is 11.5 Å². The number of ether oxygens (including phenoxy) is 2. The van der Waals surface area contributed by atoms with Crippen molar-refractivity contribution < 1.29 is 22.7 Å². The minimum absolute atomic E-state index is 0.166. The van der Waals surface area contributed by atoms with Crippen molar-refractivity contribution >= 4 is 38.1 Å². The number of sulfonamides is 1. The molecule has 4 aromatic rings. The van der Waals surface area contributed by atoms with Crippen LogP contribution in [0, 0.1) is 0 Å². The molecule has 1 amide bonds. The highest BCUT2D eigenvalue weighted by atomic mass is 32.2. The first-order chi connectivity index (χ1) is 17.4. The lowest BCUT2D eigenvalue weighted by molar-refractivity contribution is 0.0955. The number of hydrogen-bond acceptors (Lipinski definition) is 6. The molecular formula is C27H21N3O5S. The second-order valence-electron chi connectivity index (χ2n) is 8.55. The number of hydrogen-bond donors (Lipinski definition) is 1. The minimum Gasteiger partial charge on any atom is -0.454 e. The number of benzene rings is 4. The average molecular weight is 500 g/mol. The molecule has 0 bridgehead atoms. The van der Waals surface area contributed by atoms with Crippen LogP contribution < -0.4 is 19.2 Å². The molecule has 36 heavy (non-hydrogen) atoms. The number of amides is 1. The second kappa shape index (κ2) is 8.39. The van der Waals surface area contributed by atoms with Gasteiger partial charge in [-0.1, -0.05) is 36.4 Å². The standard InChI is InChI=1S/C27H21N3O5S/c1-17(21-12-13-23-24(14-21)35-16-34-23)28-29-27(31)20-10-8-18(9-11-20)15-30-22-6-2-4-19-5-3-7-25(26(19)22)36(30,32)33/h2-14H,15-16H2,1H3,(H,29,31)/b28-17+. The second-order valence-corrected chi connectivity index (χ2v) is 10.4. The molecule has 0 unspecified atom stereocenters. The molecular weight excluding hydrogens is 478 g/mol. The van der Waals surface area contributed by atoms with E-state index in [1.807, 2.05) is 36.4 Å². The molecule has 0 saturated heterocycles. The van der Waals surface area contributed by atoms with Gasteiger partial charge in [0.25, 0.3) is 15.9 Å². The fraction of sp³-hybridized carbons (Fsp3) is 0.111. The number of anilines is 1. The highest BCUT2D eigenvalue weighted by Crippen LogP contribution is 2.42. The van der Waals surface area contributed by atoms with Crippen LogP contribution in [0.4, 0.5) is 5.69 Å². The maximum Gasteiger partial charge on any atom is 0.271 e. The maximum atomic E-state index is 13.2. The molecule has 8 nitrogen and oxygen atoms in total. The van der Waals surface area contributed by atoms with Gasteiger partial charge in [-0.25, -0.2) is 13.8 Å². The van der Waals surface area contributed by atoms with Gasteiger partial charge in [0.2, 0.25) is 6.79 Å². The number of hydrazone groups is 1. The van der Waals surface area contributed by atoms with Crippen molar-refractivity contribution in [1.29, 1.82) is 0 Å². The van der Waals surface area contributed by atoms with Crippen molar-refractivity contribution in [3.8, 4) is 11.5 Å². The molecule has 2 aliphatic heterocycles. The quantitative estimate of drug-likeness (QED) is 0.324. The van der Waals surface area contributed by atoms with E-state index >= 15 is 0 Å². The smallest absolute Gasteiger partial charge is 0.271 e. The normalized spacial score (nSPS) is 15.4. The van der Waals surface area contributed by atoms with Crippen molar-refractivity contribution in [2.75, 3.05) is 11.1 Å². The Morgan fingerprint density at radius 3 is 2.47 bits per heavy atom. The summed E-state index contributed by atoms with van der Waals surface area (Å²) in [5.74, 6) is 0.953. The average Bonchev–Trinajstić information content (AvgIpc) is 3.45. The van der Waals surface area contributed by atoms with Crippen molar-refractivity contribution in [1.82, 2.24) is 5.43 Å². The summed E-state index contributed by atoms with van der Waals surface area (Å²) in [5.41, 5.74) is 5.83. The van der Waals surface area contributed by atoms with Crippen molar-refractivity contribution in [2.24, 2.45) is 5.10 Å². The third-order valence-electron chi connectivity index (χ3n) is 6.34. The molecule has 0 aromatic heterocycles. The molecule has 2 heterocycles. The predicted molar refractivity (Wildman–Crippen MR) is 136 cm³/mol. The van der Waals surface area contributed by atoms with Crippen LogP contribution in [0.1, 0.15) is 28.4 Å². The first-order valence-electron chi connectivity index (χ1n) is 11.3.